The van der Waals surface area contributed by atoms with Crippen LogP contribution in [-0.2, 0) is 9.59 Å². The van der Waals surface area contributed by atoms with E-state index in [0.29, 0.717) is 12.3 Å². The molecular weight excluding hydrogens is 196 g/mol. The van der Waals surface area contributed by atoms with Gasteiger partial charge in [0.05, 0.1) is 5.92 Å². The molecule has 1 aliphatic rings. The third-order valence-electron chi connectivity index (χ3n) is 2.66. The number of amides is 1. The molecule has 0 radical (unpaired) electrons. The van der Waals surface area contributed by atoms with Crippen LogP contribution in [0.25, 0.3) is 0 Å². The zero-order valence-corrected chi connectivity index (χ0v) is 8.95. The molecule has 1 rings (SSSR count). The van der Waals surface area contributed by atoms with Crippen molar-refractivity contribution in [3.05, 3.63) is 0 Å². The van der Waals surface area contributed by atoms with Gasteiger partial charge >= 0.3 is 5.97 Å². The van der Waals surface area contributed by atoms with Crippen molar-refractivity contribution >= 4 is 11.9 Å². The number of hydrogen-bond donors (Lipinski definition) is 3. The molecule has 0 bridgehead atoms. The van der Waals surface area contributed by atoms with E-state index in [1.54, 1.807) is 6.92 Å². The van der Waals surface area contributed by atoms with Crippen LogP contribution in [-0.4, -0.2) is 36.6 Å². The van der Waals surface area contributed by atoms with Crippen molar-refractivity contribution in [2.75, 3.05) is 19.6 Å². The number of aliphatic carboxylic acids is 1. The highest BCUT2D eigenvalue weighted by atomic mass is 16.4. The summed E-state index contributed by atoms with van der Waals surface area (Å²) in [4.78, 5) is 21.9. The van der Waals surface area contributed by atoms with Crippen LogP contribution in [0.3, 0.4) is 0 Å². The summed E-state index contributed by atoms with van der Waals surface area (Å²) in [6, 6.07) is 0. The number of carboxylic acid groups (broad SMARTS) is 1. The monoisotopic (exact) mass is 214 g/mol. The molecule has 3 N–H and O–H groups in total. The highest BCUT2D eigenvalue weighted by molar-refractivity contribution is 5.77. The average Bonchev–Trinajstić information content (AvgIpc) is 2.66. The van der Waals surface area contributed by atoms with Crippen LogP contribution in [0.4, 0.5) is 0 Å². The van der Waals surface area contributed by atoms with Crippen LogP contribution in [0.15, 0.2) is 0 Å². The summed E-state index contributed by atoms with van der Waals surface area (Å²) >= 11 is 0. The lowest BCUT2D eigenvalue weighted by Gasteiger charge is -2.10. The molecule has 0 aliphatic carbocycles. The van der Waals surface area contributed by atoms with Gasteiger partial charge in [-0.3, -0.25) is 9.59 Å². The Bertz CT molecular complexity index is 237. The molecule has 0 aromatic heterocycles. The van der Waals surface area contributed by atoms with Crippen LogP contribution >= 0.6 is 0 Å². The van der Waals surface area contributed by atoms with E-state index in [9.17, 15) is 9.59 Å². The predicted molar refractivity (Wildman–Crippen MR) is 55.4 cm³/mol. The maximum Gasteiger partial charge on any atom is 0.308 e. The van der Waals surface area contributed by atoms with Gasteiger partial charge < -0.3 is 15.7 Å². The fraction of sp³-hybridized carbons (Fsp3) is 0.800. The first-order valence-electron chi connectivity index (χ1n) is 5.30. The first kappa shape index (κ1) is 12.0. The van der Waals surface area contributed by atoms with E-state index >= 15 is 0 Å². The van der Waals surface area contributed by atoms with E-state index < -0.39 is 11.9 Å². The third kappa shape index (κ3) is 4.29. The number of carboxylic acids is 1. The second-order valence-corrected chi connectivity index (χ2v) is 4.11. The summed E-state index contributed by atoms with van der Waals surface area (Å²) in [5.41, 5.74) is 0. The molecule has 15 heavy (non-hydrogen) atoms. The highest BCUT2D eigenvalue weighted by Crippen LogP contribution is 2.11. The van der Waals surface area contributed by atoms with Gasteiger partial charge in [0.1, 0.15) is 0 Å². The molecule has 0 saturated carbocycles. The lowest BCUT2D eigenvalue weighted by atomic mass is 10.0. The summed E-state index contributed by atoms with van der Waals surface area (Å²) in [6.45, 7) is 3.67. The van der Waals surface area contributed by atoms with Gasteiger partial charge in [0, 0.05) is 13.0 Å². The molecule has 1 amide bonds. The van der Waals surface area contributed by atoms with Gasteiger partial charge in [-0.1, -0.05) is 6.92 Å². The number of nitrogens with one attached hydrogen (secondary N) is 2. The third-order valence-corrected chi connectivity index (χ3v) is 2.66. The Hall–Kier alpha value is -1.10. The summed E-state index contributed by atoms with van der Waals surface area (Å²) in [5.74, 6) is -1.03. The standard InChI is InChI=1S/C10H18N2O3/c1-7(10(14)15)5-12-9(13)4-8-2-3-11-6-8/h7-8,11H,2-6H2,1H3,(H,12,13)(H,14,15). The van der Waals surface area contributed by atoms with Gasteiger partial charge in [-0.05, 0) is 25.4 Å². The largest absolute Gasteiger partial charge is 0.481 e. The van der Waals surface area contributed by atoms with Crippen LogP contribution in [0.2, 0.25) is 0 Å². The second kappa shape index (κ2) is 5.70. The lowest BCUT2D eigenvalue weighted by molar-refractivity contribution is -0.141. The van der Waals surface area contributed by atoms with Crippen molar-refractivity contribution in [2.45, 2.75) is 19.8 Å². The normalized spacial score (nSPS) is 22.3. The smallest absolute Gasteiger partial charge is 0.308 e. The maximum absolute atomic E-state index is 11.4. The zero-order chi connectivity index (χ0) is 11.3. The molecule has 1 fully saturated rings. The van der Waals surface area contributed by atoms with Gasteiger partial charge in [0.15, 0.2) is 0 Å². The zero-order valence-electron chi connectivity index (χ0n) is 8.95. The minimum Gasteiger partial charge on any atom is -0.481 e. The molecular formula is C10H18N2O3. The highest BCUT2D eigenvalue weighted by Gasteiger charge is 2.18. The Balaban J connectivity index is 2.15. The minimum absolute atomic E-state index is 0.0446. The molecule has 1 aliphatic heterocycles. The molecule has 0 aromatic rings. The summed E-state index contributed by atoms with van der Waals surface area (Å²) in [7, 11) is 0. The van der Waals surface area contributed by atoms with Crippen molar-refractivity contribution in [2.24, 2.45) is 11.8 Å². The predicted octanol–water partition coefficient (Wildman–Crippen LogP) is -0.177. The van der Waals surface area contributed by atoms with E-state index in [0.717, 1.165) is 19.5 Å². The van der Waals surface area contributed by atoms with Crippen LogP contribution in [0.5, 0.6) is 0 Å². The molecule has 0 aromatic carbocycles. The van der Waals surface area contributed by atoms with Gasteiger partial charge in [-0.15, -0.1) is 0 Å². The fourth-order valence-electron chi connectivity index (χ4n) is 1.58. The van der Waals surface area contributed by atoms with Crippen molar-refractivity contribution in [1.82, 2.24) is 10.6 Å². The maximum atomic E-state index is 11.4. The SMILES string of the molecule is CC(CNC(=O)CC1CCNC1)C(=O)O. The quantitative estimate of drug-likeness (QED) is 0.593. The summed E-state index contributed by atoms with van der Waals surface area (Å²) in [6.07, 6.45) is 1.53. The molecule has 5 heteroatoms. The topological polar surface area (TPSA) is 78.4 Å². The summed E-state index contributed by atoms with van der Waals surface area (Å²) in [5, 5.41) is 14.4. The minimum atomic E-state index is -0.877. The van der Waals surface area contributed by atoms with E-state index in [4.69, 9.17) is 5.11 Å². The fourth-order valence-corrected chi connectivity index (χ4v) is 1.58. The second-order valence-electron chi connectivity index (χ2n) is 4.11. The van der Waals surface area contributed by atoms with Crippen molar-refractivity contribution < 1.29 is 14.7 Å². The number of hydrogen-bond acceptors (Lipinski definition) is 3. The first-order chi connectivity index (χ1) is 7.09. The lowest BCUT2D eigenvalue weighted by Crippen LogP contribution is -2.32. The Morgan fingerprint density at radius 1 is 1.60 bits per heavy atom. The van der Waals surface area contributed by atoms with E-state index in [-0.39, 0.29) is 12.5 Å². The van der Waals surface area contributed by atoms with Crippen molar-refractivity contribution in [3.63, 3.8) is 0 Å². The number of rotatable bonds is 5. The van der Waals surface area contributed by atoms with Gasteiger partial charge in [0.25, 0.3) is 0 Å². The van der Waals surface area contributed by atoms with E-state index in [1.807, 2.05) is 0 Å². The molecule has 2 atom stereocenters. The van der Waals surface area contributed by atoms with E-state index in [1.165, 1.54) is 0 Å². The van der Waals surface area contributed by atoms with Crippen molar-refractivity contribution in [3.8, 4) is 0 Å². The Morgan fingerprint density at radius 2 is 2.33 bits per heavy atom. The molecule has 1 saturated heterocycles. The summed E-state index contributed by atoms with van der Waals surface area (Å²) < 4.78 is 0. The molecule has 2 unspecified atom stereocenters. The van der Waals surface area contributed by atoms with Gasteiger partial charge in [-0.25, -0.2) is 0 Å². The molecule has 1 heterocycles. The first-order valence-corrected chi connectivity index (χ1v) is 5.30. The molecule has 86 valence electrons. The van der Waals surface area contributed by atoms with Crippen molar-refractivity contribution in [1.29, 1.82) is 0 Å². The average molecular weight is 214 g/mol. The Labute approximate surface area is 89.2 Å². The molecule has 5 nitrogen and oxygen atoms in total. The number of carbonyl (C=O) groups is 2. The Morgan fingerprint density at radius 3 is 2.87 bits per heavy atom. The van der Waals surface area contributed by atoms with Crippen LogP contribution in [0.1, 0.15) is 19.8 Å². The van der Waals surface area contributed by atoms with Gasteiger partial charge in [0.2, 0.25) is 5.91 Å². The Kier molecular flexibility index (Phi) is 4.55. The van der Waals surface area contributed by atoms with Crippen LogP contribution in [0, 0.1) is 11.8 Å². The van der Waals surface area contributed by atoms with Gasteiger partial charge in [-0.2, -0.15) is 0 Å². The van der Waals surface area contributed by atoms with E-state index in [2.05, 4.69) is 10.6 Å². The van der Waals surface area contributed by atoms with Crippen LogP contribution < -0.4 is 10.6 Å². The number of carbonyl (C=O) groups excluding carboxylic acids is 1. The molecule has 0 spiro atoms.